The molecule has 0 aromatic rings. The van der Waals surface area contributed by atoms with Gasteiger partial charge < -0.3 is 20.4 Å². The van der Waals surface area contributed by atoms with Gasteiger partial charge in [-0.25, -0.2) is 9.59 Å². The average Bonchev–Trinajstić information content (AvgIpc) is 2.98. The van der Waals surface area contributed by atoms with Gasteiger partial charge in [-0.1, -0.05) is 11.6 Å². The number of carboxylic acids is 1. The Balaban J connectivity index is 1.79. The topological polar surface area (TPSA) is 89.9 Å². The molecule has 0 aromatic heterocycles. The van der Waals surface area contributed by atoms with Crippen molar-refractivity contribution in [2.24, 2.45) is 0 Å². The van der Waals surface area contributed by atoms with Crippen molar-refractivity contribution in [1.82, 2.24) is 10.2 Å². The second-order valence-electron chi connectivity index (χ2n) is 5.13. The van der Waals surface area contributed by atoms with Crippen LogP contribution in [0.2, 0.25) is 0 Å². The van der Waals surface area contributed by atoms with Crippen molar-refractivity contribution in [3.05, 3.63) is 11.6 Å². The number of urea groups is 1. The molecular formula is C13H20N2O4. The number of hydrogen-bond donors (Lipinski definition) is 3. The quantitative estimate of drug-likeness (QED) is 0.655. The Morgan fingerprint density at radius 3 is 2.89 bits per heavy atom. The summed E-state index contributed by atoms with van der Waals surface area (Å²) in [6, 6.07) is -1.32. The molecule has 1 aliphatic heterocycles. The Kier molecular flexibility index (Phi) is 4.42. The van der Waals surface area contributed by atoms with Crippen molar-refractivity contribution in [2.45, 2.75) is 44.2 Å². The molecule has 0 radical (unpaired) electrons. The Labute approximate surface area is 112 Å². The molecule has 0 bridgehead atoms. The van der Waals surface area contributed by atoms with Crippen LogP contribution in [-0.2, 0) is 4.79 Å². The van der Waals surface area contributed by atoms with Crippen LogP contribution in [0.1, 0.15) is 32.1 Å². The molecule has 1 heterocycles. The van der Waals surface area contributed by atoms with E-state index in [1.807, 2.05) is 0 Å². The number of allylic oxidation sites excluding steroid dienone is 1. The first-order chi connectivity index (χ1) is 9.08. The third kappa shape index (κ3) is 3.47. The van der Waals surface area contributed by atoms with Crippen LogP contribution in [0.15, 0.2) is 11.6 Å². The van der Waals surface area contributed by atoms with Crippen molar-refractivity contribution in [2.75, 3.05) is 13.1 Å². The summed E-state index contributed by atoms with van der Waals surface area (Å²) < 4.78 is 0. The SMILES string of the molecule is O=C(O)C1CC(O)CN1C(=O)NCCC1=CCCC1. The van der Waals surface area contributed by atoms with Crippen LogP contribution in [0.4, 0.5) is 4.79 Å². The van der Waals surface area contributed by atoms with Gasteiger partial charge in [-0.2, -0.15) is 0 Å². The highest BCUT2D eigenvalue weighted by molar-refractivity contribution is 5.83. The second kappa shape index (κ2) is 6.06. The molecule has 2 rings (SSSR count). The molecule has 3 N–H and O–H groups in total. The molecule has 0 saturated carbocycles. The van der Waals surface area contributed by atoms with Crippen LogP contribution in [0.3, 0.4) is 0 Å². The molecule has 1 saturated heterocycles. The lowest BCUT2D eigenvalue weighted by Crippen LogP contribution is -2.46. The van der Waals surface area contributed by atoms with Gasteiger partial charge in [0, 0.05) is 19.5 Å². The summed E-state index contributed by atoms with van der Waals surface area (Å²) in [6.45, 7) is 0.606. The van der Waals surface area contributed by atoms with Gasteiger partial charge in [-0.15, -0.1) is 0 Å². The molecule has 2 unspecified atom stereocenters. The molecule has 2 amide bonds. The summed E-state index contributed by atoms with van der Waals surface area (Å²) in [5.74, 6) is -1.06. The Hall–Kier alpha value is -1.56. The van der Waals surface area contributed by atoms with Crippen LogP contribution >= 0.6 is 0 Å². The van der Waals surface area contributed by atoms with Gasteiger partial charge in [0.25, 0.3) is 0 Å². The van der Waals surface area contributed by atoms with Crippen molar-refractivity contribution in [3.63, 3.8) is 0 Å². The molecule has 0 aromatic carbocycles. The number of hydrogen-bond acceptors (Lipinski definition) is 3. The number of nitrogens with zero attached hydrogens (tertiary/aromatic N) is 1. The third-order valence-electron chi connectivity index (χ3n) is 3.68. The van der Waals surface area contributed by atoms with Crippen LogP contribution in [-0.4, -0.2) is 52.3 Å². The van der Waals surface area contributed by atoms with E-state index in [0.29, 0.717) is 6.54 Å². The molecule has 0 spiro atoms. The first-order valence-electron chi connectivity index (χ1n) is 6.71. The first kappa shape index (κ1) is 13.9. The van der Waals surface area contributed by atoms with E-state index in [-0.39, 0.29) is 13.0 Å². The molecule has 6 nitrogen and oxygen atoms in total. The highest BCUT2D eigenvalue weighted by Crippen LogP contribution is 2.20. The smallest absolute Gasteiger partial charge is 0.326 e. The number of aliphatic carboxylic acids is 1. The maximum absolute atomic E-state index is 11.9. The Morgan fingerprint density at radius 1 is 1.47 bits per heavy atom. The zero-order chi connectivity index (χ0) is 13.8. The van der Waals surface area contributed by atoms with Crippen LogP contribution in [0, 0.1) is 0 Å². The lowest BCUT2D eigenvalue weighted by Gasteiger charge is -2.21. The van der Waals surface area contributed by atoms with E-state index in [9.17, 15) is 14.7 Å². The number of aliphatic hydroxyl groups is 1. The number of β-amino-alcohol motifs (C(OH)–C–C–N with tert-alkyl or cyclic N) is 1. The average molecular weight is 268 g/mol. The fourth-order valence-corrected chi connectivity index (χ4v) is 2.67. The molecule has 19 heavy (non-hydrogen) atoms. The summed E-state index contributed by atoms with van der Waals surface area (Å²) in [5, 5.41) is 21.2. The van der Waals surface area contributed by atoms with Crippen molar-refractivity contribution in [3.8, 4) is 0 Å². The minimum absolute atomic E-state index is 0.0888. The Morgan fingerprint density at radius 2 is 2.26 bits per heavy atom. The van der Waals surface area contributed by atoms with Gasteiger partial charge in [0.05, 0.1) is 6.10 Å². The fraction of sp³-hybridized carbons (Fsp3) is 0.692. The number of amides is 2. The van der Waals surface area contributed by atoms with Gasteiger partial charge in [-0.05, 0) is 25.7 Å². The number of rotatable bonds is 4. The minimum atomic E-state index is -1.06. The highest BCUT2D eigenvalue weighted by atomic mass is 16.4. The summed E-state index contributed by atoms with van der Waals surface area (Å²) in [4.78, 5) is 24.1. The molecule has 6 heteroatoms. The summed E-state index contributed by atoms with van der Waals surface area (Å²) >= 11 is 0. The number of likely N-dealkylation sites (tertiary alicyclic amines) is 1. The molecule has 2 atom stereocenters. The van der Waals surface area contributed by atoms with Gasteiger partial charge in [0.2, 0.25) is 0 Å². The number of aliphatic hydroxyl groups excluding tert-OH is 1. The first-order valence-corrected chi connectivity index (χ1v) is 6.71. The monoisotopic (exact) mass is 268 g/mol. The van der Waals surface area contributed by atoms with Crippen LogP contribution < -0.4 is 5.32 Å². The highest BCUT2D eigenvalue weighted by Gasteiger charge is 2.38. The lowest BCUT2D eigenvalue weighted by atomic mass is 10.2. The normalized spacial score (nSPS) is 26.4. The van der Waals surface area contributed by atoms with Crippen LogP contribution in [0.25, 0.3) is 0 Å². The third-order valence-corrected chi connectivity index (χ3v) is 3.68. The molecular weight excluding hydrogens is 248 g/mol. The minimum Gasteiger partial charge on any atom is -0.480 e. The number of carbonyl (C=O) groups is 2. The summed E-state index contributed by atoms with van der Waals surface area (Å²) in [6.07, 6.45) is 5.77. The van der Waals surface area contributed by atoms with Gasteiger partial charge in [0.15, 0.2) is 0 Å². The van der Waals surface area contributed by atoms with E-state index in [2.05, 4.69) is 11.4 Å². The number of nitrogens with one attached hydrogen (secondary N) is 1. The van der Waals surface area contributed by atoms with Gasteiger partial charge in [0.1, 0.15) is 6.04 Å². The predicted molar refractivity (Wildman–Crippen MR) is 68.7 cm³/mol. The zero-order valence-corrected chi connectivity index (χ0v) is 10.8. The lowest BCUT2D eigenvalue weighted by molar-refractivity contribution is -0.141. The molecule has 2 aliphatic rings. The Bertz CT molecular complexity index is 394. The van der Waals surface area contributed by atoms with Crippen molar-refractivity contribution < 1.29 is 19.8 Å². The maximum atomic E-state index is 11.9. The standard InChI is InChI=1S/C13H20N2O4/c16-10-7-11(12(17)18)15(8-10)13(19)14-6-5-9-3-1-2-4-9/h3,10-11,16H,1-2,4-8H2,(H,14,19)(H,17,18). The summed E-state index contributed by atoms with van der Waals surface area (Å²) in [7, 11) is 0. The molecule has 1 fully saturated rings. The number of carbonyl (C=O) groups excluding carboxylic acids is 1. The van der Waals surface area contributed by atoms with Crippen molar-refractivity contribution in [1.29, 1.82) is 0 Å². The second-order valence-corrected chi connectivity index (χ2v) is 5.13. The number of carboxylic acid groups (broad SMARTS) is 1. The van der Waals surface area contributed by atoms with E-state index >= 15 is 0 Å². The van der Waals surface area contributed by atoms with Gasteiger partial charge in [-0.3, -0.25) is 0 Å². The van der Waals surface area contributed by atoms with E-state index < -0.39 is 24.1 Å². The summed E-state index contributed by atoms with van der Waals surface area (Å²) in [5.41, 5.74) is 1.36. The largest absolute Gasteiger partial charge is 0.480 e. The van der Waals surface area contributed by atoms with Crippen molar-refractivity contribution >= 4 is 12.0 Å². The van der Waals surface area contributed by atoms with E-state index in [4.69, 9.17) is 5.11 Å². The predicted octanol–water partition coefficient (Wildman–Crippen LogP) is 0.716. The zero-order valence-electron chi connectivity index (χ0n) is 10.8. The van der Waals surface area contributed by atoms with E-state index in [1.54, 1.807) is 0 Å². The van der Waals surface area contributed by atoms with E-state index in [0.717, 1.165) is 19.3 Å². The maximum Gasteiger partial charge on any atom is 0.326 e. The molecule has 1 aliphatic carbocycles. The van der Waals surface area contributed by atoms with E-state index in [1.165, 1.54) is 16.9 Å². The molecule has 106 valence electrons. The fourth-order valence-electron chi connectivity index (χ4n) is 2.67. The van der Waals surface area contributed by atoms with Crippen LogP contribution in [0.5, 0.6) is 0 Å². The van der Waals surface area contributed by atoms with Gasteiger partial charge >= 0.3 is 12.0 Å².